The molecule has 1 aliphatic rings. The van der Waals surface area contributed by atoms with E-state index in [0.717, 1.165) is 37.7 Å². The quantitative estimate of drug-likeness (QED) is 0.818. The maximum Gasteiger partial charge on any atom is 0.151 e. The van der Waals surface area contributed by atoms with E-state index in [0.29, 0.717) is 11.8 Å². The fraction of sp³-hybridized carbons (Fsp3) is 0.667. The predicted octanol–water partition coefficient (Wildman–Crippen LogP) is 2.04. The lowest BCUT2D eigenvalue weighted by atomic mass is 9.95. The molecule has 0 radical (unpaired) electrons. The van der Waals surface area contributed by atoms with Crippen molar-refractivity contribution in [1.82, 2.24) is 15.5 Å². The molecule has 17 heavy (non-hydrogen) atoms. The van der Waals surface area contributed by atoms with E-state index in [2.05, 4.69) is 15.5 Å². The molecular formula is C12H18ClN3O. The Labute approximate surface area is 107 Å². The van der Waals surface area contributed by atoms with Gasteiger partial charge in [0.2, 0.25) is 0 Å². The molecule has 1 aromatic rings. The summed E-state index contributed by atoms with van der Waals surface area (Å²) in [7, 11) is 0. The van der Waals surface area contributed by atoms with Crippen LogP contribution in [0.15, 0.2) is 12.1 Å². The molecule has 5 heteroatoms. The average Bonchev–Trinajstić information content (AvgIpc) is 2.38. The monoisotopic (exact) mass is 255 g/mol. The number of hydrogen-bond acceptors (Lipinski definition) is 4. The molecule has 1 aromatic heterocycles. The summed E-state index contributed by atoms with van der Waals surface area (Å²) in [5.74, 6) is 0.813. The first kappa shape index (κ1) is 12.7. The first-order valence-corrected chi connectivity index (χ1v) is 6.49. The van der Waals surface area contributed by atoms with Gasteiger partial charge in [-0.3, -0.25) is 0 Å². The van der Waals surface area contributed by atoms with Gasteiger partial charge in [-0.05, 0) is 50.4 Å². The molecule has 0 aromatic carbocycles. The van der Waals surface area contributed by atoms with Crippen LogP contribution in [-0.4, -0.2) is 29.9 Å². The van der Waals surface area contributed by atoms with E-state index in [1.54, 1.807) is 6.07 Å². The van der Waals surface area contributed by atoms with E-state index in [-0.39, 0.29) is 0 Å². The zero-order valence-corrected chi connectivity index (χ0v) is 10.6. The van der Waals surface area contributed by atoms with Crippen LogP contribution in [-0.2, 0) is 11.3 Å². The summed E-state index contributed by atoms with van der Waals surface area (Å²) in [6, 6.07) is 3.58. The third-order valence-electron chi connectivity index (χ3n) is 3.07. The largest absolute Gasteiger partial charge is 0.375 e. The minimum absolute atomic E-state index is 0.420. The van der Waals surface area contributed by atoms with Gasteiger partial charge in [-0.2, -0.15) is 5.10 Å². The zero-order valence-electron chi connectivity index (χ0n) is 9.86. The normalized spacial score (nSPS) is 17.2. The topological polar surface area (TPSA) is 47.0 Å². The average molecular weight is 256 g/mol. The third-order valence-corrected chi connectivity index (χ3v) is 3.27. The maximum absolute atomic E-state index is 5.65. The molecule has 0 unspecified atom stereocenters. The van der Waals surface area contributed by atoms with E-state index < -0.39 is 0 Å². The number of piperidine rings is 1. The van der Waals surface area contributed by atoms with Gasteiger partial charge in [0.1, 0.15) is 0 Å². The molecule has 0 saturated carbocycles. The first-order valence-electron chi connectivity index (χ1n) is 6.11. The van der Waals surface area contributed by atoms with Crippen LogP contribution in [0.4, 0.5) is 0 Å². The molecule has 0 aliphatic carbocycles. The smallest absolute Gasteiger partial charge is 0.151 e. The molecule has 4 nitrogen and oxygen atoms in total. The zero-order chi connectivity index (χ0) is 11.9. The Morgan fingerprint density at radius 2 is 2.12 bits per heavy atom. The highest BCUT2D eigenvalue weighted by molar-refractivity contribution is 6.29. The van der Waals surface area contributed by atoms with Crippen LogP contribution in [0.5, 0.6) is 0 Å². The summed E-state index contributed by atoms with van der Waals surface area (Å²) >= 11 is 5.65. The highest BCUT2D eigenvalue weighted by atomic mass is 35.5. The van der Waals surface area contributed by atoms with Crippen LogP contribution in [0.2, 0.25) is 5.15 Å². The second-order valence-electron chi connectivity index (χ2n) is 4.38. The maximum atomic E-state index is 5.65. The third kappa shape index (κ3) is 4.58. The lowest BCUT2D eigenvalue weighted by Gasteiger charge is -2.22. The molecular weight excluding hydrogens is 238 g/mol. The van der Waals surface area contributed by atoms with Crippen molar-refractivity contribution < 1.29 is 4.74 Å². The number of nitrogens with zero attached hydrogens (tertiary/aromatic N) is 2. The Hall–Kier alpha value is -0.710. The number of nitrogens with one attached hydrogen (secondary N) is 1. The van der Waals surface area contributed by atoms with Gasteiger partial charge in [0.05, 0.1) is 12.3 Å². The second-order valence-corrected chi connectivity index (χ2v) is 4.77. The van der Waals surface area contributed by atoms with Gasteiger partial charge in [0.25, 0.3) is 0 Å². The Bertz CT molecular complexity index is 325. The summed E-state index contributed by atoms with van der Waals surface area (Å²) in [6.45, 7) is 3.62. The van der Waals surface area contributed by atoms with Gasteiger partial charge >= 0.3 is 0 Å². The van der Waals surface area contributed by atoms with Crippen LogP contribution in [0.3, 0.4) is 0 Å². The molecule has 1 aliphatic heterocycles. The number of aromatic nitrogens is 2. The van der Waals surface area contributed by atoms with Crippen molar-refractivity contribution in [3.8, 4) is 0 Å². The summed E-state index contributed by atoms with van der Waals surface area (Å²) in [6.07, 6.45) is 3.68. The molecule has 2 heterocycles. The van der Waals surface area contributed by atoms with Gasteiger partial charge in [0, 0.05) is 6.61 Å². The van der Waals surface area contributed by atoms with Crippen LogP contribution in [0.1, 0.15) is 25.0 Å². The van der Waals surface area contributed by atoms with E-state index >= 15 is 0 Å². The van der Waals surface area contributed by atoms with Crippen LogP contribution in [0.25, 0.3) is 0 Å². The standard InChI is InChI=1S/C12H18ClN3O/c13-12-2-1-11(15-16-12)9-17-8-5-10-3-6-14-7-4-10/h1-2,10,14H,3-9H2. The van der Waals surface area contributed by atoms with Gasteiger partial charge < -0.3 is 10.1 Å². The lowest BCUT2D eigenvalue weighted by Crippen LogP contribution is -2.28. The number of rotatable bonds is 5. The van der Waals surface area contributed by atoms with Crippen LogP contribution >= 0.6 is 11.6 Å². The van der Waals surface area contributed by atoms with E-state index in [1.165, 1.54) is 12.8 Å². The van der Waals surface area contributed by atoms with E-state index in [1.807, 2.05) is 6.07 Å². The summed E-state index contributed by atoms with van der Waals surface area (Å²) in [5.41, 5.74) is 0.833. The van der Waals surface area contributed by atoms with Gasteiger partial charge in [0.15, 0.2) is 5.15 Å². The molecule has 0 amide bonds. The number of ether oxygens (including phenoxy) is 1. The number of hydrogen-bond donors (Lipinski definition) is 1. The van der Waals surface area contributed by atoms with Gasteiger partial charge in [-0.15, -0.1) is 5.10 Å². The predicted molar refractivity (Wildman–Crippen MR) is 66.9 cm³/mol. The Balaban J connectivity index is 1.60. The molecule has 0 atom stereocenters. The molecule has 1 N–H and O–H groups in total. The van der Waals surface area contributed by atoms with Crippen molar-refractivity contribution in [2.75, 3.05) is 19.7 Å². The highest BCUT2D eigenvalue weighted by Gasteiger charge is 2.12. The Morgan fingerprint density at radius 3 is 2.82 bits per heavy atom. The summed E-state index contributed by atoms with van der Waals surface area (Å²) in [5, 5.41) is 11.5. The Morgan fingerprint density at radius 1 is 1.29 bits per heavy atom. The van der Waals surface area contributed by atoms with E-state index in [9.17, 15) is 0 Å². The van der Waals surface area contributed by atoms with Crippen LogP contribution in [0, 0.1) is 5.92 Å². The highest BCUT2D eigenvalue weighted by Crippen LogP contribution is 2.15. The molecule has 0 spiro atoms. The molecule has 1 fully saturated rings. The first-order chi connectivity index (χ1) is 8.34. The van der Waals surface area contributed by atoms with Crippen molar-refractivity contribution in [3.05, 3.63) is 23.0 Å². The number of halogens is 1. The molecule has 2 rings (SSSR count). The van der Waals surface area contributed by atoms with Gasteiger partial charge in [-0.25, -0.2) is 0 Å². The van der Waals surface area contributed by atoms with Crippen molar-refractivity contribution in [1.29, 1.82) is 0 Å². The van der Waals surface area contributed by atoms with Crippen LogP contribution < -0.4 is 5.32 Å². The van der Waals surface area contributed by atoms with Crippen molar-refractivity contribution >= 4 is 11.6 Å². The second kappa shape index (κ2) is 6.89. The van der Waals surface area contributed by atoms with Crippen molar-refractivity contribution in [2.45, 2.75) is 25.9 Å². The lowest BCUT2D eigenvalue weighted by molar-refractivity contribution is 0.0999. The molecule has 0 bridgehead atoms. The minimum atomic E-state index is 0.420. The van der Waals surface area contributed by atoms with Crippen molar-refractivity contribution in [2.24, 2.45) is 5.92 Å². The fourth-order valence-electron chi connectivity index (χ4n) is 2.02. The SMILES string of the molecule is Clc1ccc(COCCC2CCNCC2)nn1. The summed E-state index contributed by atoms with van der Waals surface area (Å²) in [4.78, 5) is 0. The van der Waals surface area contributed by atoms with Crippen molar-refractivity contribution in [3.63, 3.8) is 0 Å². The minimum Gasteiger partial charge on any atom is -0.375 e. The Kier molecular flexibility index (Phi) is 5.16. The fourth-order valence-corrected chi connectivity index (χ4v) is 2.12. The molecule has 1 saturated heterocycles. The molecule has 94 valence electrons. The van der Waals surface area contributed by atoms with E-state index in [4.69, 9.17) is 16.3 Å². The van der Waals surface area contributed by atoms with Gasteiger partial charge in [-0.1, -0.05) is 11.6 Å². The summed E-state index contributed by atoms with van der Waals surface area (Å²) < 4.78 is 5.60.